The molecule has 6 nitrogen and oxygen atoms in total. The van der Waals surface area contributed by atoms with Crippen molar-refractivity contribution in [3.8, 4) is 0 Å². The van der Waals surface area contributed by atoms with Gasteiger partial charge < -0.3 is 10.2 Å². The molecule has 1 aromatic heterocycles. The van der Waals surface area contributed by atoms with Crippen LogP contribution in [0.15, 0.2) is 6.20 Å². The van der Waals surface area contributed by atoms with Gasteiger partial charge in [0.15, 0.2) is 5.69 Å². The summed E-state index contributed by atoms with van der Waals surface area (Å²) in [6.45, 7) is 7.73. The highest BCUT2D eigenvalue weighted by Crippen LogP contribution is 2.30. The van der Waals surface area contributed by atoms with Crippen LogP contribution in [0.5, 0.6) is 0 Å². The Morgan fingerprint density at radius 1 is 1.53 bits per heavy atom. The van der Waals surface area contributed by atoms with E-state index in [0.29, 0.717) is 11.7 Å². The van der Waals surface area contributed by atoms with Gasteiger partial charge in [0, 0.05) is 36.7 Å². The Hall–Kier alpha value is -1.08. The van der Waals surface area contributed by atoms with Gasteiger partial charge in [0.1, 0.15) is 0 Å². The Balaban J connectivity index is 1.70. The third kappa shape index (κ3) is 2.62. The van der Waals surface area contributed by atoms with E-state index in [9.17, 15) is 4.79 Å². The minimum Gasteiger partial charge on any atom is -0.335 e. The number of hydrogen-bond donors (Lipinski definition) is 1. The van der Waals surface area contributed by atoms with Crippen LogP contribution < -0.4 is 5.32 Å². The lowest BCUT2D eigenvalue weighted by Crippen LogP contribution is -2.46. The lowest BCUT2D eigenvalue weighted by molar-refractivity contribution is 0.0742. The first-order valence-corrected chi connectivity index (χ1v) is 7.59. The summed E-state index contributed by atoms with van der Waals surface area (Å²) in [5, 5.41) is 11.3. The molecule has 104 valence electrons. The van der Waals surface area contributed by atoms with Crippen molar-refractivity contribution in [2.24, 2.45) is 0 Å². The number of nitrogens with one attached hydrogen (secondary N) is 1. The lowest BCUT2D eigenvalue weighted by atomic mass is 10.1. The van der Waals surface area contributed by atoms with Gasteiger partial charge in [0.2, 0.25) is 0 Å². The van der Waals surface area contributed by atoms with Gasteiger partial charge in [0.05, 0.1) is 12.2 Å². The molecule has 1 N–H and O–H groups in total. The normalized spacial score (nSPS) is 23.2. The van der Waals surface area contributed by atoms with E-state index in [4.69, 9.17) is 0 Å². The highest BCUT2D eigenvalue weighted by molar-refractivity contribution is 8.00. The summed E-state index contributed by atoms with van der Waals surface area (Å²) in [5.41, 5.74) is 0.467. The van der Waals surface area contributed by atoms with Gasteiger partial charge in [-0.1, -0.05) is 5.21 Å². The number of aromatic nitrogens is 3. The quantitative estimate of drug-likeness (QED) is 0.849. The molecule has 7 heteroatoms. The number of nitrogens with zero attached hydrogens (tertiary/aromatic N) is 4. The van der Waals surface area contributed by atoms with Crippen LogP contribution in [0.25, 0.3) is 0 Å². The second-order valence-electron chi connectivity index (χ2n) is 5.73. The van der Waals surface area contributed by atoms with E-state index < -0.39 is 0 Å². The van der Waals surface area contributed by atoms with E-state index in [1.807, 2.05) is 16.7 Å². The van der Waals surface area contributed by atoms with Crippen molar-refractivity contribution >= 4 is 17.7 Å². The fraction of sp³-hybridized carbons (Fsp3) is 0.750. The molecule has 0 aliphatic carbocycles. The maximum atomic E-state index is 12.4. The molecule has 0 bridgehead atoms. The van der Waals surface area contributed by atoms with Crippen LogP contribution in [0, 0.1) is 0 Å². The predicted molar refractivity (Wildman–Crippen MR) is 74.4 cm³/mol. The molecule has 3 heterocycles. The number of amides is 1. The van der Waals surface area contributed by atoms with Crippen LogP contribution in [0.4, 0.5) is 0 Å². The number of thioether (sulfide) groups is 1. The Morgan fingerprint density at radius 3 is 2.95 bits per heavy atom. The zero-order valence-corrected chi connectivity index (χ0v) is 12.1. The molecule has 1 aromatic rings. The van der Waals surface area contributed by atoms with Gasteiger partial charge in [-0.15, -0.1) is 5.10 Å². The molecule has 2 aliphatic rings. The van der Waals surface area contributed by atoms with E-state index in [1.165, 1.54) is 0 Å². The first-order valence-electron chi connectivity index (χ1n) is 6.61. The van der Waals surface area contributed by atoms with E-state index in [0.717, 1.165) is 31.9 Å². The fourth-order valence-corrected chi connectivity index (χ4v) is 3.48. The van der Waals surface area contributed by atoms with Crippen molar-refractivity contribution in [1.82, 2.24) is 25.2 Å². The van der Waals surface area contributed by atoms with E-state index >= 15 is 0 Å². The van der Waals surface area contributed by atoms with Gasteiger partial charge >= 0.3 is 0 Å². The zero-order valence-electron chi connectivity index (χ0n) is 11.3. The predicted octanol–water partition coefficient (Wildman–Crippen LogP) is 0.390. The molecule has 0 radical (unpaired) electrons. The van der Waals surface area contributed by atoms with Crippen molar-refractivity contribution in [2.45, 2.75) is 24.6 Å². The Morgan fingerprint density at radius 2 is 2.32 bits per heavy atom. The second-order valence-corrected chi connectivity index (χ2v) is 7.53. The summed E-state index contributed by atoms with van der Waals surface area (Å²) >= 11 is 1.92. The maximum Gasteiger partial charge on any atom is 0.276 e. The van der Waals surface area contributed by atoms with Gasteiger partial charge in [-0.25, -0.2) is 4.68 Å². The van der Waals surface area contributed by atoms with Crippen LogP contribution in [0.2, 0.25) is 0 Å². The van der Waals surface area contributed by atoms with Crippen molar-refractivity contribution in [3.63, 3.8) is 0 Å². The van der Waals surface area contributed by atoms with Crippen molar-refractivity contribution in [2.75, 3.05) is 31.9 Å². The maximum absolute atomic E-state index is 12.4. The van der Waals surface area contributed by atoms with Crippen LogP contribution in [0.1, 0.15) is 30.4 Å². The van der Waals surface area contributed by atoms with Crippen LogP contribution >= 0.6 is 11.8 Å². The molecule has 0 saturated carbocycles. The Bertz CT molecular complexity index is 482. The van der Waals surface area contributed by atoms with Crippen LogP contribution in [-0.4, -0.2) is 62.5 Å². The highest BCUT2D eigenvalue weighted by atomic mass is 32.2. The first kappa shape index (κ1) is 12.9. The minimum atomic E-state index is 0.00640. The Labute approximate surface area is 116 Å². The highest BCUT2D eigenvalue weighted by Gasteiger charge is 2.31. The minimum absolute atomic E-state index is 0.00640. The molecule has 2 fully saturated rings. The number of hydrogen-bond acceptors (Lipinski definition) is 5. The second kappa shape index (κ2) is 4.79. The first-order chi connectivity index (χ1) is 9.05. The van der Waals surface area contributed by atoms with Gasteiger partial charge in [-0.2, -0.15) is 11.8 Å². The molecule has 19 heavy (non-hydrogen) atoms. The average molecular weight is 281 g/mol. The fourth-order valence-electron chi connectivity index (χ4n) is 2.37. The van der Waals surface area contributed by atoms with Crippen molar-refractivity contribution in [3.05, 3.63) is 11.9 Å². The molecule has 0 aromatic carbocycles. The SMILES string of the molecule is CC1(C)CN(C(=O)c2cn(C3CNC3)nn2)CCS1. The summed E-state index contributed by atoms with van der Waals surface area (Å²) < 4.78 is 1.93. The number of rotatable bonds is 2. The average Bonchev–Trinajstić information content (AvgIpc) is 2.73. The smallest absolute Gasteiger partial charge is 0.276 e. The van der Waals surface area contributed by atoms with Crippen LogP contribution in [-0.2, 0) is 0 Å². The zero-order chi connectivity index (χ0) is 13.5. The van der Waals surface area contributed by atoms with Crippen LogP contribution in [0.3, 0.4) is 0 Å². The molecule has 3 rings (SSSR count). The molecule has 2 saturated heterocycles. The number of carbonyl (C=O) groups excluding carboxylic acids is 1. The summed E-state index contributed by atoms with van der Waals surface area (Å²) in [5.74, 6) is 0.992. The summed E-state index contributed by atoms with van der Waals surface area (Å²) in [4.78, 5) is 14.3. The largest absolute Gasteiger partial charge is 0.335 e. The summed E-state index contributed by atoms with van der Waals surface area (Å²) in [7, 11) is 0. The monoisotopic (exact) mass is 281 g/mol. The molecular formula is C12H19N5OS. The van der Waals surface area contributed by atoms with E-state index in [-0.39, 0.29) is 10.7 Å². The third-order valence-electron chi connectivity index (χ3n) is 3.58. The van der Waals surface area contributed by atoms with E-state index in [1.54, 1.807) is 10.9 Å². The van der Waals surface area contributed by atoms with Crippen molar-refractivity contribution in [1.29, 1.82) is 0 Å². The summed E-state index contributed by atoms with van der Waals surface area (Å²) in [6.07, 6.45) is 1.78. The van der Waals surface area contributed by atoms with Gasteiger partial charge in [0.25, 0.3) is 5.91 Å². The summed E-state index contributed by atoms with van der Waals surface area (Å²) in [6, 6.07) is 0.349. The van der Waals surface area contributed by atoms with Gasteiger partial charge in [-0.3, -0.25) is 4.79 Å². The van der Waals surface area contributed by atoms with Gasteiger partial charge in [-0.05, 0) is 13.8 Å². The number of carbonyl (C=O) groups is 1. The molecule has 0 atom stereocenters. The molecule has 2 aliphatic heterocycles. The standard InChI is InChI=1S/C12H19N5OS/c1-12(2)8-16(3-4-19-12)11(18)10-7-17(15-14-10)9-5-13-6-9/h7,9,13H,3-6,8H2,1-2H3. The Kier molecular flexibility index (Phi) is 3.26. The molecule has 1 amide bonds. The topological polar surface area (TPSA) is 63.1 Å². The molecule has 0 unspecified atom stereocenters. The molecule has 0 spiro atoms. The third-order valence-corrected chi connectivity index (χ3v) is 4.87. The molecular weight excluding hydrogens is 262 g/mol. The van der Waals surface area contributed by atoms with Crippen molar-refractivity contribution < 1.29 is 4.79 Å². The lowest BCUT2D eigenvalue weighted by Gasteiger charge is -2.37. The van der Waals surface area contributed by atoms with E-state index in [2.05, 4.69) is 29.5 Å².